The SMILES string of the molecule is CCn1ncc(Br)c1C(NN)C1(OC)CCCC1. The molecule has 0 radical (unpaired) electrons. The fourth-order valence-electron chi connectivity index (χ4n) is 2.97. The van der Waals surface area contributed by atoms with Gasteiger partial charge in [0.25, 0.3) is 0 Å². The highest BCUT2D eigenvalue weighted by Gasteiger charge is 2.44. The first-order valence-electron chi connectivity index (χ1n) is 6.41. The average Bonchev–Trinajstić information content (AvgIpc) is 3.00. The third-order valence-corrected chi connectivity index (χ3v) is 4.57. The first-order valence-corrected chi connectivity index (χ1v) is 7.20. The molecule has 1 atom stereocenters. The van der Waals surface area contributed by atoms with Crippen molar-refractivity contribution in [1.29, 1.82) is 0 Å². The molecule has 1 unspecified atom stereocenters. The molecule has 1 heterocycles. The van der Waals surface area contributed by atoms with Crippen LogP contribution in [0.3, 0.4) is 0 Å². The van der Waals surface area contributed by atoms with Crippen LogP contribution in [-0.2, 0) is 11.3 Å². The summed E-state index contributed by atoms with van der Waals surface area (Å²) < 4.78 is 8.77. The Hall–Kier alpha value is -0.430. The van der Waals surface area contributed by atoms with E-state index < -0.39 is 0 Å². The van der Waals surface area contributed by atoms with Crippen LogP contribution in [-0.4, -0.2) is 22.5 Å². The van der Waals surface area contributed by atoms with Crippen molar-refractivity contribution in [2.75, 3.05) is 7.11 Å². The molecule has 3 N–H and O–H groups in total. The lowest BCUT2D eigenvalue weighted by Gasteiger charge is -2.36. The Morgan fingerprint density at radius 3 is 2.78 bits per heavy atom. The summed E-state index contributed by atoms with van der Waals surface area (Å²) in [6.07, 6.45) is 6.24. The molecule has 1 aliphatic carbocycles. The van der Waals surface area contributed by atoms with Gasteiger partial charge in [-0.05, 0) is 35.7 Å². The highest BCUT2D eigenvalue weighted by Crippen LogP contribution is 2.43. The second-order valence-electron chi connectivity index (χ2n) is 4.77. The number of halogens is 1. The number of hydrazine groups is 1. The van der Waals surface area contributed by atoms with E-state index in [0.29, 0.717) is 0 Å². The molecular weight excluding hydrogens is 296 g/mol. The van der Waals surface area contributed by atoms with Crippen LogP contribution in [0, 0.1) is 0 Å². The normalized spacial score (nSPS) is 20.2. The van der Waals surface area contributed by atoms with Crippen molar-refractivity contribution in [3.8, 4) is 0 Å². The molecule has 1 fully saturated rings. The number of aromatic nitrogens is 2. The summed E-state index contributed by atoms with van der Waals surface area (Å²) in [5.41, 5.74) is 3.79. The molecule has 102 valence electrons. The van der Waals surface area contributed by atoms with Gasteiger partial charge >= 0.3 is 0 Å². The van der Waals surface area contributed by atoms with Gasteiger partial charge in [0.1, 0.15) is 0 Å². The van der Waals surface area contributed by atoms with Crippen LogP contribution in [0.15, 0.2) is 10.7 Å². The summed E-state index contributed by atoms with van der Waals surface area (Å²) in [5, 5.41) is 4.36. The van der Waals surface area contributed by atoms with Crippen molar-refractivity contribution in [2.24, 2.45) is 5.84 Å². The summed E-state index contributed by atoms with van der Waals surface area (Å²) in [4.78, 5) is 0. The molecule has 6 heteroatoms. The molecule has 18 heavy (non-hydrogen) atoms. The van der Waals surface area contributed by atoms with Gasteiger partial charge in [0, 0.05) is 13.7 Å². The number of ether oxygens (including phenoxy) is 1. The number of methoxy groups -OCH3 is 1. The van der Waals surface area contributed by atoms with E-state index in [0.717, 1.165) is 29.6 Å². The summed E-state index contributed by atoms with van der Waals surface area (Å²) >= 11 is 3.57. The fraction of sp³-hybridized carbons (Fsp3) is 0.750. The Balaban J connectivity index is 2.40. The zero-order valence-corrected chi connectivity index (χ0v) is 12.5. The Kier molecular flexibility index (Phi) is 4.42. The highest BCUT2D eigenvalue weighted by molar-refractivity contribution is 9.10. The fourth-order valence-corrected chi connectivity index (χ4v) is 3.50. The minimum Gasteiger partial charge on any atom is -0.376 e. The number of aryl methyl sites for hydroxylation is 1. The summed E-state index contributed by atoms with van der Waals surface area (Å²) in [6.45, 7) is 2.89. The van der Waals surface area contributed by atoms with Gasteiger partial charge in [-0.1, -0.05) is 12.8 Å². The molecule has 1 aromatic heterocycles. The van der Waals surface area contributed by atoms with Crippen molar-refractivity contribution in [3.05, 3.63) is 16.4 Å². The third kappa shape index (κ3) is 2.22. The zero-order chi connectivity index (χ0) is 13.2. The number of rotatable bonds is 5. The maximum Gasteiger partial charge on any atom is 0.0929 e. The topological polar surface area (TPSA) is 65.1 Å². The van der Waals surface area contributed by atoms with Crippen molar-refractivity contribution in [2.45, 2.75) is 50.8 Å². The minimum atomic E-state index is -0.218. The summed E-state index contributed by atoms with van der Waals surface area (Å²) in [7, 11) is 1.77. The van der Waals surface area contributed by atoms with E-state index in [9.17, 15) is 0 Å². The Labute approximate surface area is 116 Å². The average molecular weight is 317 g/mol. The Bertz CT molecular complexity index is 401. The van der Waals surface area contributed by atoms with E-state index in [4.69, 9.17) is 10.6 Å². The molecule has 0 saturated heterocycles. The van der Waals surface area contributed by atoms with E-state index in [-0.39, 0.29) is 11.6 Å². The van der Waals surface area contributed by atoms with Gasteiger partial charge in [0.05, 0.1) is 28.0 Å². The molecule has 0 spiro atoms. The molecule has 0 aliphatic heterocycles. The van der Waals surface area contributed by atoms with Gasteiger partial charge in [-0.15, -0.1) is 0 Å². The summed E-state index contributed by atoms with van der Waals surface area (Å²) in [5.74, 6) is 5.81. The first-order chi connectivity index (χ1) is 8.68. The highest BCUT2D eigenvalue weighted by atomic mass is 79.9. The van der Waals surface area contributed by atoms with Crippen molar-refractivity contribution in [3.63, 3.8) is 0 Å². The summed E-state index contributed by atoms with van der Waals surface area (Å²) in [6, 6.07) is -0.0400. The van der Waals surface area contributed by atoms with Gasteiger partial charge in [-0.3, -0.25) is 10.5 Å². The van der Waals surface area contributed by atoms with Crippen LogP contribution in [0.2, 0.25) is 0 Å². The van der Waals surface area contributed by atoms with E-state index in [2.05, 4.69) is 33.4 Å². The zero-order valence-electron chi connectivity index (χ0n) is 10.9. The molecule has 5 nitrogen and oxygen atoms in total. The first kappa shape index (κ1) is 14.0. The number of hydrogen-bond acceptors (Lipinski definition) is 4. The predicted octanol–water partition coefficient (Wildman–Crippen LogP) is 2.13. The predicted molar refractivity (Wildman–Crippen MR) is 73.9 cm³/mol. The van der Waals surface area contributed by atoms with Gasteiger partial charge in [-0.25, -0.2) is 5.43 Å². The van der Waals surface area contributed by atoms with E-state index in [1.165, 1.54) is 12.8 Å². The quantitative estimate of drug-likeness (QED) is 0.645. The van der Waals surface area contributed by atoms with Crippen LogP contribution >= 0.6 is 15.9 Å². The van der Waals surface area contributed by atoms with Gasteiger partial charge in [0.2, 0.25) is 0 Å². The molecular formula is C12H21BrN4O. The van der Waals surface area contributed by atoms with Gasteiger partial charge < -0.3 is 4.74 Å². The lowest BCUT2D eigenvalue weighted by molar-refractivity contribution is -0.0392. The molecule has 2 rings (SSSR count). The van der Waals surface area contributed by atoms with E-state index in [1.54, 1.807) is 7.11 Å². The molecule has 1 aliphatic rings. The van der Waals surface area contributed by atoms with Crippen LogP contribution < -0.4 is 11.3 Å². The lowest BCUT2D eigenvalue weighted by atomic mass is 9.90. The van der Waals surface area contributed by atoms with Gasteiger partial charge in [-0.2, -0.15) is 5.10 Å². The van der Waals surface area contributed by atoms with Crippen molar-refractivity contribution >= 4 is 15.9 Å². The van der Waals surface area contributed by atoms with Crippen LogP contribution in [0.25, 0.3) is 0 Å². The molecule has 0 aromatic carbocycles. The molecule has 0 amide bonds. The second-order valence-corrected chi connectivity index (χ2v) is 5.62. The lowest BCUT2D eigenvalue weighted by Crippen LogP contribution is -2.47. The third-order valence-electron chi connectivity index (χ3n) is 3.96. The van der Waals surface area contributed by atoms with Crippen LogP contribution in [0.1, 0.15) is 44.3 Å². The minimum absolute atomic E-state index is 0.0400. The van der Waals surface area contributed by atoms with Crippen molar-refractivity contribution < 1.29 is 4.74 Å². The number of hydrogen-bond donors (Lipinski definition) is 2. The van der Waals surface area contributed by atoms with E-state index >= 15 is 0 Å². The maximum atomic E-state index is 5.83. The van der Waals surface area contributed by atoms with Crippen LogP contribution in [0.5, 0.6) is 0 Å². The standard InChI is InChI=1S/C12H21BrN4O/c1-3-17-10(9(13)8-15-17)11(16-14)12(18-2)6-4-5-7-12/h8,11,16H,3-7,14H2,1-2H3. The van der Waals surface area contributed by atoms with Gasteiger partial charge in [0.15, 0.2) is 0 Å². The smallest absolute Gasteiger partial charge is 0.0929 e. The number of nitrogens with one attached hydrogen (secondary N) is 1. The second kappa shape index (κ2) is 5.69. The molecule has 0 bridgehead atoms. The molecule has 1 saturated carbocycles. The Morgan fingerprint density at radius 2 is 2.28 bits per heavy atom. The number of nitrogens with two attached hydrogens (primary N) is 1. The Morgan fingerprint density at radius 1 is 1.61 bits per heavy atom. The van der Waals surface area contributed by atoms with Crippen molar-refractivity contribution in [1.82, 2.24) is 15.2 Å². The van der Waals surface area contributed by atoms with E-state index in [1.807, 2.05) is 10.9 Å². The monoisotopic (exact) mass is 316 g/mol. The molecule has 1 aromatic rings. The largest absolute Gasteiger partial charge is 0.376 e. The van der Waals surface area contributed by atoms with Crippen LogP contribution in [0.4, 0.5) is 0 Å². The number of nitrogens with zero attached hydrogens (tertiary/aromatic N) is 2. The maximum absolute atomic E-state index is 5.83.